The average molecular weight is 600 g/mol. The molecule has 0 fully saturated rings. The van der Waals surface area contributed by atoms with Gasteiger partial charge in [-0.05, 0) is 47.5 Å². The van der Waals surface area contributed by atoms with E-state index in [-0.39, 0.29) is 5.91 Å². The van der Waals surface area contributed by atoms with Gasteiger partial charge in [-0.15, -0.1) is 10.2 Å². The lowest BCUT2D eigenvalue weighted by Crippen LogP contribution is -2.32. The summed E-state index contributed by atoms with van der Waals surface area (Å²) in [7, 11) is 0. The van der Waals surface area contributed by atoms with Crippen molar-refractivity contribution in [1.82, 2.24) is 35.0 Å². The van der Waals surface area contributed by atoms with Gasteiger partial charge in [-0.3, -0.25) is 14.3 Å². The molecule has 0 spiro atoms. The van der Waals surface area contributed by atoms with Crippen molar-refractivity contribution in [2.45, 2.75) is 12.5 Å². The summed E-state index contributed by atoms with van der Waals surface area (Å²) in [4.78, 5) is 24.7. The highest BCUT2D eigenvalue weighted by molar-refractivity contribution is 5.99. The summed E-state index contributed by atoms with van der Waals surface area (Å²) in [6, 6.07) is 39.5. The highest BCUT2D eigenvalue weighted by Crippen LogP contribution is 2.37. The van der Waals surface area contributed by atoms with Crippen LogP contribution in [-0.4, -0.2) is 35.6 Å². The highest BCUT2D eigenvalue weighted by Gasteiger charge is 2.28. The molecule has 0 aliphatic rings. The van der Waals surface area contributed by atoms with E-state index in [0.29, 0.717) is 23.8 Å². The van der Waals surface area contributed by atoms with E-state index >= 15 is 0 Å². The summed E-state index contributed by atoms with van der Waals surface area (Å²) in [6.07, 6.45) is 6.15. The molecule has 0 saturated carbocycles. The zero-order valence-electron chi connectivity index (χ0n) is 24.8. The van der Waals surface area contributed by atoms with Gasteiger partial charge in [0.1, 0.15) is 5.69 Å². The number of fused-ring (bicyclic) bond motifs is 2. The summed E-state index contributed by atoms with van der Waals surface area (Å²) in [5, 5.41) is 15.1. The number of carbonyl (C=O) groups is 1. The van der Waals surface area contributed by atoms with E-state index in [0.717, 1.165) is 49.7 Å². The Hall–Kier alpha value is -6.28. The number of hydrogen-bond donors (Lipinski definition) is 3. The van der Waals surface area contributed by atoms with Crippen LogP contribution in [0.5, 0.6) is 0 Å². The van der Waals surface area contributed by atoms with Crippen LogP contribution in [0, 0.1) is 0 Å². The number of aromatic amines is 2. The first kappa shape index (κ1) is 27.3. The molecule has 0 bridgehead atoms. The van der Waals surface area contributed by atoms with Crippen LogP contribution in [0.15, 0.2) is 140 Å². The number of rotatable bonds is 8. The van der Waals surface area contributed by atoms with Crippen molar-refractivity contribution in [1.29, 1.82) is 0 Å². The van der Waals surface area contributed by atoms with Gasteiger partial charge in [0.15, 0.2) is 11.6 Å². The SMILES string of the molecule is O=C(NC(Cc1c[nH]c2ccccc12)c1nnc(-c2ccccc2-c2c[nH]c3ccccc23)n1-c1ccccc1)c1ccccn1. The van der Waals surface area contributed by atoms with E-state index in [9.17, 15) is 4.79 Å². The molecule has 4 aromatic heterocycles. The van der Waals surface area contributed by atoms with Crippen LogP contribution in [0.2, 0.25) is 0 Å². The molecule has 4 aromatic carbocycles. The fourth-order valence-electron chi connectivity index (χ4n) is 6.19. The third-order valence-electron chi connectivity index (χ3n) is 8.36. The van der Waals surface area contributed by atoms with Crippen LogP contribution in [0.1, 0.15) is 27.9 Å². The maximum Gasteiger partial charge on any atom is 0.270 e. The molecular weight excluding hydrogens is 570 g/mol. The molecule has 0 saturated heterocycles. The Kier molecular flexibility index (Phi) is 6.92. The summed E-state index contributed by atoms with van der Waals surface area (Å²) in [5.41, 5.74) is 7.42. The van der Waals surface area contributed by atoms with Crippen molar-refractivity contribution in [2.75, 3.05) is 0 Å². The lowest BCUT2D eigenvalue weighted by Gasteiger charge is -2.20. The Bertz CT molecular complexity index is 2300. The Morgan fingerprint density at radius 1 is 0.674 bits per heavy atom. The summed E-state index contributed by atoms with van der Waals surface area (Å²) in [6.45, 7) is 0. The number of aromatic nitrogens is 6. The number of nitrogens with zero attached hydrogens (tertiary/aromatic N) is 4. The van der Waals surface area contributed by atoms with Crippen LogP contribution < -0.4 is 5.32 Å². The van der Waals surface area contributed by atoms with Crippen molar-refractivity contribution in [3.05, 3.63) is 157 Å². The maximum absolute atomic E-state index is 13.6. The summed E-state index contributed by atoms with van der Waals surface area (Å²) >= 11 is 0. The van der Waals surface area contributed by atoms with Gasteiger partial charge in [0.05, 0.1) is 6.04 Å². The van der Waals surface area contributed by atoms with Crippen LogP contribution in [-0.2, 0) is 6.42 Å². The van der Waals surface area contributed by atoms with Gasteiger partial charge < -0.3 is 15.3 Å². The molecule has 1 atom stereocenters. The highest BCUT2D eigenvalue weighted by atomic mass is 16.2. The van der Waals surface area contributed by atoms with Crippen molar-refractivity contribution in [3.8, 4) is 28.2 Å². The number of hydrogen-bond acceptors (Lipinski definition) is 4. The predicted octanol–water partition coefficient (Wildman–Crippen LogP) is 7.67. The molecule has 8 rings (SSSR count). The van der Waals surface area contributed by atoms with Crippen molar-refractivity contribution < 1.29 is 4.79 Å². The molecule has 0 aliphatic carbocycles. The van der Waals surface area contributed by atoms with Crippen LogP contribution >= 0.6 is 0 Å². The number of carbonyl (C=O) groups excluding carboxylic acids is 1. The zero-order valence-corrected chi connectivity index (χ0v) is 24.8. The third kappa shape index (κ3) is 4.92. The molecule has 222 valence electrons. The van der Waals surface area contributed by atoms with Crippen molar-refractivity contribution >= 4 is 27.7 Å². The normalized spacial score (nSPS) is 12.0. The maximum atomic E-state index is 13.6. The molecule has 0 radical (unpaired) electrons. The topological polar surface area (TPSA) is 104 Å². The molecule has 8 heteroatoms. The Labute approximate surface area is 264 Å². The van der Waals surface area contributed by atoms with Crippen molar-refractivity contribution in [2.24, 2.45) is 0 Å². The van der Waals surface area contributed by atoms with Gasteiger partial charge in [-0.25, -0.2) is 0 Å². The van der Waals surface area contributed by atoms with Crippen LogP contribution in [0.3, 0.4) is 0 Å². The van der Waals surface area contributed by atoms with Gasteiger partial charge in [0.25, 0.3) is 5.91 Å². The van der Waals surface area contributed by atoms with Gasteiger partial charge in [0.2, 0.25) is 0 Å². The summed E-state index contributed by atoms with van der Waals surface area (Å²) in [5.74, 6) is 1.01. The van der Waals surface area contributed by atoms with E-state index in [4.69, 9.17) is 10.2 Å². The zero-order chi connectivity index (χ0) is 30.9. The molecule has 4 heterocycles. The number of H-pyrrole nitrogens is 2. The van der Waals surface area contributed by atoms with Gasteiger partial charge in [-0.2, -0.15) is 0 Å². The van der Waals surface area contributed by atoms with E-state index in [2.05, 4.69) is 55.2 Å². The van der Waals surface area contributed by atoms with Crippen LogP contribution in [0.25, 0.3) is 50.0 Å². The fraction of sp³-hybridized carbons (Fsp3) is 0.0526. The Morgan fingerprint density at radius 3 is 2.15 bits per heavy atom. The molecule has 8 nitrogen and oxygen atoms in total. The summed E-state index contributed by atoms with van der Waals surface area (Å²) < 4.78 is 2.06. The number of nitrogens with one attached hydrogen (secondary N) is 3. The minimum absolute atomic E-state index is 0.284. The number of pyridine rings is 1. The van der Waals surface area contributed by atoms with E-state index < -0.39 is 6.04 Å². The molecule has 1 amide bonds. The Morgan fingerprint density at radius 2 is 1.35 bits per heavy atom. The molecular formula is C38H29N7O. The monoisotopic (exact) mass is 599 g/mol. The van der Waals surface area contributed by atoms with E-state index in [1.165, 1.54) is 0 Å². The quantitative estimate of drug-likeness (QED) is 0.167. The van der Waals surface area contributed by atoms with Crippen LogP contribution in [0.4, 0.5) is 0 Å². The smallest absolute Gasteiger partial charge is 0.270 e. The van der Waals surface area contributed by atoms with E-state index in [1.54, 1.807) is 18.3 Å². The average Bonchev–Trinajstić information content (AvgIpc) is 3.86. The lowest BCUT2D eigenvalue weighted by molar-refractivity contribution is 0.0929. The number of para-hydroxylation sites is 3. The number of amides is 1. The first-order valence-electron chi connectivity index (χ1n) is 15.2. The second-order valence-electron chi connectivity index (χ2n) is 11.2. The standard InChI is InChI=1S/C38H29N7O/c46-38(34-20-10-11-21-39-34)42-35(22-25-23-40-32-18-8-6-14-27(25)32)37-44-43-36(45(37)26-12-2-1-3-13-26)30-17-5-4-15-28(30)31-24-41-33-19-9-7-16-29(31)33/h1-21,23-24,35,40-41H,22H2,(H,42,46). The largest absolute Gasteiger partial charge is 0.361 e. The van der Waals surface area contributed by atoms with Gasteiger partial charge >= 0.3 is 0 Å². The molecule has 3 N–H and O–H groups in total. The number of benzene rings is 4. The second-order valence-corrected chi connectivity index (χ2v) is 11.2. The third-order valence-corrected chi connectivity index (χ3v) is 8.36. The molecule has 1 unspecified atom stereocenters. The van der Waals surface area contributed by atoms with E-state index in [1.807, 2.05) is 91.3 Å². The first-order chi connectivity index (χ1) is 22.7. The van der Waals surface area contributed by atoms with Gasteiger partial charge in [0, 0.05) is 63.6 Å². The van der Waals surface area contributed by atoms with Crippen molar-refractivity contribution in [3.63, 3.8) is 0 Å². The predicted molar refractivity (Wildman–Crippen MR) is 181 cm³/mol. The minimum atomic E-state index is -0.532. The second kappa shape index (κ2) is 11.7. The lowest BCUT2D eigenvalue weighted by atomic mass is 9.98. The Balaban J connectivity index is 1.31. The van der Waals surface area contributed by atoms with Gasteiger partial charge in [-0.1, -0.05) is 84.9 Å². The molecule has 0 aliphatic heterocycles. The minimum Gasteiger partial charge on any atom is -0.361 e. The fourth-order valence-corrected chi connectivity index (χ4v) is 6.19. The molecule has 8 aromatic rings. The molecule has 46 heavy (non-hydrogen) atoms. The first-order valence-corrected chi connectivity index (χ1v) is 15.2.